The molecule has 0 aliphatic rings. The van der Waals surface area contributed by atoms with E-state index >= 15 is 0 Å². The Morgan fingerprint density at radius 2 is 0.860 bits per heavy atom. The summed E-state index contributed by atoms with van der Waals surface area (Å²) >= 11 is 8.88. The summed E-state index contributed by atoms with van der Waals surface area (Å²) in [6.45, 7) is 6.67. The van der Waals surface area contributed by atoms with Crippen molar-refractivity contribution in [2.24, 2.45) is 0 Å². The molecule has 0 aliphatic carbocycles. The van der Waals surface area contributed by atoms with E-state index in [9.17, 15) is 0 Å². The van der Waals surface area contributed by atoms with Crippen LogP contribution in [-0.2, 0) is 22.7 Å². The van der Waals surface area contributed by atoms with Crippen LogP contribution in [0.1, 0.15) is 25.0 Å². The molecule has 0 saturated carbocycles. The van der Waals surface area contributed by atoms with Gasteiger partial charge in [0.2, 0.25) is 0 Å². The number of benzene rings is 4. The Hall–Kier alpha value is -0.350. The van der Waals surface area contributed by atoms with Gasteiger partial charge in [0, 0.05) is 13.2 Å². The summed E-state index contributed by atoms with van der Waals surface area (Å²) in [7, 11) is 0. The largest absolute Gasteiger partial charge is 0.489 e. The van der Waals surface area contributed by atoms with Crippen molar-refractivity contribution in [3.05, 3.63) is 105 Å². The second-order valence-electron chi connectivity index (χ2n) is 8.87. The molecule has 6 nitrogen and oxygen atoms in total. The Labute approximate surface area is 318 Å². The van der Waals surface area contributed by atoms with E-state index in [4.69, 9.17) is 28.4 Å². The van der Waals surface area contributed by atoms with Crippen LogP contribution in [0.15, 0.2) is 72.8 Å². The maximum absolute atomic E-state index is 6.08. The van der Waals surface area contributed by atoms with Gasteiger partial charge in [-0.2, -0.15) is 0 Å². The maximum Gasteiger partial charge on any atom is 0.357 e. The molecule has 0 aromatic heterocycles. The molecule has 0 spiro atoms. The van der Waals surface area contributed by atoms with Crippen molar-refractivity contribution in [1.82, 2.24) is 0 Å². The van der Waals surface area contributed by atoms with E-state index < -0.39 is 0 Å². The van der Waals surface area contributed by atoms with E-state index in [-0.39, 0.29) is 34.8 Å². The fourth-order valence-electron chi connectivity index (χ4n) is 3.68. The van der Waals surface area contributed by atoms with Gasteiger partial charge < -0.3 is 28.4 Å². The molecule has 0 amide bonds. The highest BCUT2D eigenvalue weighted by Gasteiger charge is 2.16. The lowest BCUT2D eigenvalue weighted by molar-refractivity contribution is -0.597. The van der Waals surface area contributed by atoms with Gasteiger partial charge in [0.15, 0.2) is 20.7 Å². The van der Waals surface area contributed by atoms with Crippen molar-refractivity contribution >= 4 is 90.4 Å². The molecule has 0 radical (unpaired) electrons. The monoisotopic (exact) mass is 1140 g/mol. The van der Waals surface area contributed by atoms with Crippen LogP contribution in [0.3, 0.4) is 0 Å². The first-order chi connectivity index (χ1) is 20.9. The quantitative estimate of drug-likeness (QED) is 0.0765. The molecule has 0 bridgehead atoms. The first-order valence-corrected chi connectivity index (χ1v) is 19.8. The summed E-state index contributed by atoms with van der Waals surface area (Å²) < 4.78 is 41.1. The van der Waals surface area contributed by atoms with Gasteiger partial charge >= 0.3 is 21.2 Å². The minimum absolute atomic E-state index is 0.256. The minimum Gasteiger partial charge on any atom is -0.489 e. The molecule has 228 valence electrons. The molecule has 0 N–H and O–H groups in total. The highest BCUT2D eigenvalue weighted by atomic mass is 127. The van der Waals surface area contributed by atoms with Crippen LogP contribution in [0.25, 0.3) is 0 Å². The lowest BCUT2D eigenvalue weighted by atomic mass is 10.2. The second-order valence-corrected chi connectivity index (χ2v) is 16.5. The SMILES string of the molecule is CCOCOc1c(I)cc(COc2ccc([I+]c3ccc(OCc4cc(I)c(OCOCC)c(I)c4)cc3)cc2)cc1I. The molecule has 0 saturated heterocycles. The smallest absolute Gasteiger partial charge is 0.357 e. The van der Waals surface area contributed by atoms with E-state index in [1.54, 1.807) is 0 Å². The summed E-state index contributed by atoms with van der Waals surface area (Å²) in [5.74, 6) is 3.42. The third kappa shape index (κ3) is 11.4. The van der Waals surface area contributed by atoms with Gasteiger partial charge in [-0.3, -0.25) is 0 Å². The Kier molecular flexibility index (Phi) is 15.4. The molecule has 11 heteroatoms. The van der Waals surface area contributed by atoms with E-state index in [0.29, 0.717) is 26.4 Å². The van der Waals surface area contributed by atoms with Crippen molar-refractivity contribution in [2.75, 3.05) is 26.8 Å². The molecule has 4 aromatic rings. The van der Waals surface area contributed by atoms with Crippen molar-refractivity contribution in [3.8, 4) is 23.0 Å². The normalized spacial score (nSPS) is 10.9. The van der Waals surface area contributed by atoms with Gasteiger partial charge in [-0.05, 0) is 188 Å². The van der Waals surface area contributed by atoms with E-state index in [0.717, 1.165) is 48.4 Å². The lowest BCUT2D eigenvalue weighted by Crippen LogP contribution is -3.61. The summed E-state index contributed by atoms with van der Waals surface area (Å²) in [4.78, 5) is 0. The highest BCUT2D eigenvalue weighted by Crippen LogP contribution is 2.30. The molecule has 0 fully saturated rings. The zero-order valence-electron chi connectivity index (χ0n) is 23.5. The molecule has 43 heavy (non-hydrogen) atoms. The fraction of sp³-hybridized carbons (Fsp3) is 0.250. The van der Waals surface area contributed by atoms with Gasteiger partial charge in [0.1, 0.15) is 36.2 Å². The van der Waals surface area contributed by atoms with Gasteiger partial charge in [0.05, 0.1) is 14.3 Å². The zero-order chi connectivity index (χ0) is 30.6. The van der Waals surface area contributed by atoms with Gasteiger partial charge in [0.25, 0.3) is 0 Å². The molecular weight excluding hydrogens is 1110 g/mol. The molecule has 0 aliphatic heterocycles. The maximum atomic E-state index is 6.08. The van der Waals surface area contributed by atoms with E-state index in [1.165, 1.54) is 7.14 Å². The molecule has 0 atom stereocenters. The summed E-state index contributed by atoms with van der Waals surface area (Å²) in [6.07, 6.45) is 0. The van der Waals surface area contributed by atoms with Gasteiger partial charge in [-0.25, -0.2) is 0 Å². The molecule has 4 rings (SSSR count). The van der Waals surface area contributed by atoms with E-state index in [2.05, 4.69) is 163 Å². The number of hydrogen-bond acceptors (Lipinski definition) is 6. The van der Waals surface area contributed by atoms with Gasteiger partial charge in [-0.1, -0.05) is 0 Å². The Morgan fingerprint density at radius 3 is 1.19 bits per heavy atom. The average molecular weight is 1150 g/mol. The predicted octanol–water partition coefficient (Wildman–Crippen LogP) is 6.14. The lowest BCUT2D eigenvalue weighted by Gasteiger charge is -2.13. The molecular formula is C32H30I5O6+. The van der Waals surface area contributed by atoms with Crippen LogP contribution in [0.2, 0.25) is 0 Å². The van der Waals surface area contributed by atoms with Crippen LogP contribution in [0, 0.1) is 21.4 Å². The van der Waals surface area contributed by atoms with E-state index in [1.807, 2.05) is 13.8 Å². The third-order valence-electron chi connectivity index (χ3n) is 5.75. The number of rotatable bonds is 16. The Morgan fingerprint density at radius 1 is 0.512 bits per heavy atom. The van der Waals surface area contributed by atoms with Crippen LogP contribution in [0.5, 0.6) is 23.0 Å². The summed E-state index contributed by atoms with van der Waals surface area (Å²) in [6, 6.07) is 25.2. The van der Waals surface area contributed by atoms with Crippen molar-refractivity contribution in [2.45, 2.75) is 27.1 Å². The number of halogens is 5. The zero-order valence-corrected chi connectivity index (χ0v) is 34.3. The van der Waals surface area contributed by atoms with Crippen molar-refractivity contribution in [3.63, 3.8) is 0 Å². The number of hydrogen-bond donors (Lipinski definition) is 0. The fourth-order valence-corrected chi connectivity index (χ4v) is 10.3. The van der Waals surface area contributed by atoms with Crippen molar-refractivity contribution < 1.29 is 49.6 Å². The summed E-state index contributed by atoms with van der Waals surface area (Å²) in [5, 5.41) is 0. The van der Waals surface area contributed by atoms with Crippen LogP contribution < -0.4 is 40.2 Å². The first-order valence-electron chi connectivity index (χ1n) is 13.3. The first kappa shape index (κ1) is 35.5. The minimum atomic E-state index is -0.308. The number of ether oxygens (including phenoxy) is 6. The molecule has 0 heterocycles. The molecule has 0 unspecified atom stereocenters. The topological polar surface area (TPSA) is 55.4 Å². The van der Waals surface area contributed by atoms with Crippen molar-refractivity contribution in [1.29, 1.82) is 0 Å². The average Bonchev–Trinajstić information content (AvgIpc) is 2.99. The second kappa shape index (κ2) is 18.7. The highest BCUT2D eigenvalue weighted by molar-refractivity contribution is 14.1. The Balaban J connectivity index is 1.26. The third-order valence-corrected chi connectivity index (χ3v) is 11.6. The van der Waals surface area contributed by atoms with Crippen LogP contribution >= 0.6 is 90.4 Å². The Bertz CT molecular complexity index is 1310. The standard InChI is InChI=1S/C32H30I5O6/c1-3-38-19-42-31-27(33)13-21(14-28(31)34)17-40-25-9-5-23(6-10-25)37-24-7-11-26(12-8-24)41-18-22-15-29(35)32(30(36)16-22)43-20-39-4-2/h5-16H,3-4,17-20H2,1-2H3/q+1. The van der Waals surface area contributed by atoms with Crippen LogP contribution in [-0.4, -0.2) is 26.8 Å². The molecule has 4 aromatic carbocycles. The van der Waals surface area contributed by atoms with Gasteiger partial charge in [-0.15, -0.1) is 0 Å². The van der Waals surface area contributed by atoms with Crippen LogP contribution in [0.4, 0.5) is 0 Å². The predicted molar refractivity (Wildman–Crippen MR) is 197 cm³/mol. The summed E-state index contributed by atoms with van der Waals surface area (Å²) in [5.41, 5.74) is 2.20.